The lowest BCUT2D eigenvalue weighted by Crippen LogP contribution is -2.15. The normalized spacial score (nSPS) is 13.5. The first-order valence-corrected chi connectivity index (χ1v) is 19.6. The van der Waals surface area contributed by atoms with Crippen molar-refractivity contribution in [3.63, 3.8) is 0 Å². The maximum absolute atomic E-state index is 2.52. The molecule has 1 aliphatic rings. The summed E-state index contributed by atoms with van der Waals surface area (Å²) in [7, 11) is 0. The van der Waals surface area contributed by atoms with Crippen molar-refractivity contribution in [2.24, 2.45) is 0 Å². The molecule has 0 bridgehead atoms. The van der Waals surface area contributed by atoms with E-state index in [0.717, 1.165) is 0 Å². The number of hydrogen-bond acceptors (Lipinski definition) is 1. The van der Waals surface area contributed by atoms with Gasteiger partial charge < -0.3 is 9.13 Å². The molecule has 0 N–H and O–H groups in total. The summed E-state index contributed by atoms with van der Waals surface area (Å²) in [5, 5.41) is 7.91. The zero-order valence-electron chi connectivity index (χ0n) is 30.0. The molecule has 254 valence electrons. The van der Waals surface area contributed by atoms with Crippen LogP contribution in [0.15, 0.2) is 170 Å². The number of hydrogen-bond donors (Lipinski definition) is 0. The second kappa shape index (κ2) is 10.8. The standard InChI is InChI=1S/C51H34N2S/c1-51(2)39-21-9-3-15-31(39)35-27-29-44-47(49(35)51)37-19-6-12-24-42(37)52(44)40-22-10-4-16-32(40)33-17-5-11-23-41(33)53-43-25-13-7-20-38(43)48-45(53)30-28-36-34-18-8-14-26-46(34)54-50(36)48/h3-30H,1-2H3. The van der Waals surface area contributed by atoms with Crippen LogP contribution in [-0.2, 0) is 5.41 Å². The number of aromatic nitrogens is 2. The third-order valence-electron chi connectivity index (χ3n) is 12.1. The Labute approximate surface area is 316 Å². The van der Waals surface area contributed by atoms with Gasteiger partial charge in [-0.3, -0.25) is 0 Å². The van der Waals surface area contributed by atoms with Crippen LogP contribution in [0, 0.1) is 0 Å². The zero-order valence-corrected chi connectivity index (χ0v) is 30.8. The molecule has 0 fully saturated rings. The van der Waals surface area contributed by atoms with E-state index in [1.54, 1.807) is 0 Å². The second-order valence-corrected chi connectivity index (χ2v) is 16.3. The highest BCUT2D eigenvalue weighted by molar-refractivity contribution is 7.26. The van der Waals surface area contributed by atoms with Gasteiger partial charge in [0.15, 0.2) is 0 Å². The highest BCUT2D eigenvalue weighted by Crippen LogP contribution is 2.53. The SMILES string of the molecule is CC1(C)c2ccccc2-c2ccc3c(c21)c1ccccc1n3-c1ccccc1-c1ccccc1-n1c2ccccc2c2c3sc4ccccc4c3ccc21. The van der Waals surface area contributed by atoms with Gasteiger partial charge in [0.1, 0.15) is 0 Å². The van der Waals surface area contributed by atoms with Crippen molar-refractivity contribution in [1.82, 2.24) is 9.13 Å². The van der Waals surface area contributed by atoms with Gasteiger partial charge >= 0.3 is 0 Å². The monoisotopic (exact) mass is 706 g/mol. The molecule has 2 nitrogen and oxygen atoms in total. The van der Waals surface area contributed by atoms with E-state index in [2.05, 4.69) is 193 Å². The third-order valence-corrected chi connectivity index (χ3v) is 13.3. The molecule has 0 atom stereocenters. The zero-order chi connectivity index (χ0) is 35.7. The summed E-state index contributed by atoms with van der Waals surface area (Å²) in [5.74, 6) is 0. The molecular weight excluding hydrogens is 673 g/mol. The van der Waals surface area contributed by atoms with Gasteiger partial charge in [0.25, 0.3) is 0 Å². The molecule has 1 aliphatic carbocycles. The van der Waals surface area contributed by atoms with E-state index in [9.17, 15) is 0 Å². The molecule has 0 amide bonds. The first kappa shape index (κ1) is 30.1. The highest BCUT2D eigenvalue weighted by Gasteiger charge is 2.38. The van der Waals surface area contributed by atoms with Crippen LogP contribution in [0.5, 0.6) is 0 Å². The van der Waals surface area contributed by atoms with Crippen molar-refractivity contribution < 1.29 is 0 Å². The summed E-state index contributed by atoms with van der Waals surface area (Å²) >= 11 is 1.91. The Kier molecular flexibility index (Phi) is 6.03. The van der Waals surface area contributed by atoms with E-state index in [0.29, 0.717) is 0 Å². The smallest absolute Gasteiger partial charge is 0.0556 e. The molecule has 3 aromatic heterocycles. The average molecular weight is 707 g/mol. The van der Waals surface area contributed by atoms with Crippen LogP contribution in [0.3, 0.4) is 0 Å². The van der Waals surface area contributed by atoms with E-state index in [4.69, 9.17) is 0 Å². The lowest BCUT2D eigenvalue weighted by Gasteiger charge is -2.23. The lowest BCUT2D eigenvalue weighted by atomic mass is 9.80. The summed E-state index contributed by atoms with van der Waals surface area (Å²) in [6, 6.07) is 63.0. The maximum atomic E-state index is 2.52. The fourth-order valence-corrected chi connectivity index (χ4v) is 11.1. The first-order chi connectivity index (χ1) is 26.6. The number of fused-ring (bicyclic) bond motifs is 14. The Morgan fingerprint density at radius 1 is 0.389 bits per heavy atom. The molecule has 0 aliphatic heterocycles. The molecule has 11 aromatic rings. The third kappa shape index (κ3) is 3.84. The second-order valence-electron chi connectivity index (χ2n) is 15.2. The van der Waals surface area contributed by atoms with E-state index in [1.165, 1.54) is 109 Å². The molecule has 0 saturated heterocycles. The summed E-state index contributed by atoms with van der Waals surface area (Å²) in [6.07, 6.45) is 0. The van der Waals surface area contributed by atoms with Gasteiger partial charge in [0.05, 0.1) is 33.4 Å². The Morgan fingerprint density at radius 3 is 1.61 bits per heavy atom. The van der Waals surface area contributed by atoms with Crippen LogP contribution in [0.2, 0.25) is 0 Å². The van der Waals surface area contributed by atoms with Gasteiger partial charge in [-0.05, 0) is 64.7 Å². The quantitative estimate of drug-likeness (QED) is 0.173. The minimum atomic E-state index is -0.122. The van der Waals surface area contributed by atoms with Gasteiger partial charge in [-0.25, -0.2) is 0 Å². The Bertz CT molecular complexity index is 3370. The van der Waals surface area contributed by atoms with Crippen molar-refractivity contribution in [3.05, 3.63) is 181 Å². The van der Waals surface area contributed by atoms with E-state index >= 15 is 0 Å². The lowest BCUT2D eigenvalue weighted by molar-refractivity contribution is 0.666. The van der Waals surface area contributed by atoms with Crippen molar-refractivity contribution in [3.8, 4) is 33.6 Å². The minimum absolute atomic E-state index is 0.122. The molecule has 0 radical (unpaired) electrons. The predicted octanol–water partition coefficient (Wildman–Crippen LogP) is 14.2. The maximum Gasteiger partial charge on any atom is 0.0556 e. The fraction of sp³-hybridized carbons (Fsp3) is 0.0588. The largest absolute Gasteiger partial charge is 0.309 e. The summed E-state index contributed by atoms with van der Waals surface area (Å²) < 4.78 is 7.70. The Hall–Kier alpha value is -6.42. The number of nitrogens with zero attached hydrogens (tertiary/aromatic N) is 2. The first-order valence-electron chi connectivity index (χ1n) is 18.8. The van der Waals surface area contributed by atoms with Crippen LogP contribution in [0.1, 0.15) is 25.0 Å². The summed E-state index contributed by atoms with van der Waals surface area (Å²) in [4.78, 5) is 0. The topological polar surface area (TPSA) is 9.86 Å². The minimum Gasteiger partial charge on any atom is -0.309 e. The van der Waals surface area contributed by atoms with E-state index in [1.807, 2.05) is 11.3 Å². The van der Waals surface area contributed by atoms with Crippen LogP contribution >= 0.6 is 11.3 Å². The van der Waals surface area contributed by atoms with Gasteiger partial charge in [0, 0.05) is 58.3 Å². The number of para-hydroxylation sites is 4. The van der Waals surface area contributed by atoms with Crippen molar-refractivity contribution in [1.29, 1.82) is 0 Å². The predicted molar refractivity (Wildman–Crippen MR) is 231 cm³/mol. The van der Waals surface area contributed by atoms with Crippen molar-refractivity contribution >= 4 is 75.1 Å². The molecule has 3 heterocycles. The van der Waals surface area contributed by atoms with E-state index < -0.39 is 0 Å². The van der Waals surface area contributed by atoms with Crippen LogP contribution in [0.25, 0.3) is 97.4 Å². The van der Waals surface area contributed by atoms with Gasteiger partial charge in [-0.15, -0.1) is 11.3 Å². The Balaban J connectivity index is 1.15. The van der Waals surface area contributed by atoms with Crippen molar-refractivity contribution in [2.75, 3.05) is 0 Å². The summed E-state index contributed by atoms with van der Waals surface area (Å²) in [5.41, 5.74) is 15.1. The molecule has 3 heteroatoms. The number of thiophene rings is 1. The molecule has 0 unspecified atom stereocenters. The molecule has 8 aromatic carbocycles. The highest BCUT2D eigenvalue weighted by atomic mass is 32.1. The van der Waals surface area contributed by atoms with Crippen LogP contribution < -0.4 is 0 Å². The molecule has 54 heavy (non-hydrogen) atoms. The average Bonchev–Trinajstić information content (AvgIpc) is 3.93. The summed E-state index contributed by atoms with van der Waals surface area (Å²) in [6.45, 7) is 4.79. The Morgan fingerprint density at radius 2 is 0.907 bits per heavy atom. The van der Waals surface area contributed by atoms with E-state index in [-0.39, 0.29) is 5.41 Å². The molecule has 12 rings (SSSR count). The molecule has 0 spiro atoms. The van der Waals surface area contributed by atoms with Crippen LogP contribution in [0.4, 0.5) is 0 Å². The number of rotatable bonds is 3. The van der Waals surface area contributed by atoms with Crippen molar-refractivity contribution in [2.45, 2.75) is 19.3 Å². The molecular formula is C51H34N2S. The van der Waals surface area contributed by atoms with Gasteiger partial charge in [-0.2, -0.15) is 0 Å². The molecule has 0 saturated carbocycles. The van der Waals surface area contributed by atoms with Gasteiger partial charge in [0.2, 0.25) is 0 Å². The fourth-order valence-electron chi connectivity index (χ4n) is 9.88. The number of benzene rings is 8. The van der Waals surface area contributed by atoms with Crippen LogP contribution in [-0.4, -0.2) is 9.13 Å². The van der Waals surface area contributed by atoms with Gasteiger partial charge in [-0.1, -0.05) is 141 Å².